The Labute approximate surface area is 126 Å². The molecule has 2 aromatic rings. The van der Waals surface area contributed by atoms with Crippen LogP contribution in [-0.4, -0.2) is 13.2 Å². The van der Waals surface area contributed by atoms with Gasteiger partial charge >= 0.3 is 0 Å². The Balaban J connectivity index is 2.05. The second kappa shape index (κ2) is 7.74. The molecule has 1 heterocycles. The van der Waals surface area contributed by atoms with Crippen molar-refractivity contribution in [3.8, 4) is 11.5 Å². The van der Waals surface area contributed by atoms with E-state index < -0.39 is 0 Å². The van der Waals surface area contributed by atoms with Crippen molar-refractivity contribution in [2.75, 3.05) is 13.2 Å². The molecule has 4 nitrogen and oxygen atoms in total. The van der Waals surface area contributed by atoms with Gasteiger partial charge in [-0.3, -0.25) is 0 Å². The average molecular weight is 289 g/mol. The van der Waals surface area contributed by atoms with Crippen LogP contribution in [0, 0.1) is 0 Å². The Kier molecular flexibility index (Phi) is 5.69. The molecule has 1 aromatic heterocycles. The molecular formula is C17H23NO3. The molecule has 4 heteroatoms. The summed E-state index contributed by atoms with van der Waals surface area (Å²) in [5, 5.41) is 3.43. The van der Waals surface area contributed by atoms with E-state index in [0.717, 1.165) is 22.8 Å². The molecular weight excluding hydrogens is 266 g/mol. The zero-order valence-electron chi connectivity index (χ0n) is 12.9. The number of hydrogen-bond donors (Lipinski definition) is 1. The molecule has 0 aliphatic heterocycles. The van der Waals surface area contributed by atoms with Crippen LogP contribution >= 0.6 is 0 Å². The molecule has 2 rings (SSSR count). The van der Waals surface area contributed by atoms with Crippen LogP contribution in [-0.2, 0) is 6.54 Å². The molecule has 1 N–H and O–H groups in total. The molecule has 0 saturated heterocycles. The fourth-order valence-corrected chi connectivity index (χ4v) is 2.12. The fourth-order valence-electron chi connectivity index (χ4n) is 2.12. The fraction of sp³-hybridized carbons (Fsp3) is 0.412. The van der Waals surface area contributed by atoms with Gasteiger partial charge in [0.05, 0.1) is 26.0 Å². The highest BCUT2D eigenvalue weighted by Crippen LogP contribution is 2.30. The van der Waals surface area contributed by atoms with Gasteiger partial charge in [0.25, 0.3) is 0 Å². The van der Waals surface area contributed by atoms with E-state index in [-0.39, 0.29) is 6.04 Å². The quantitative estimate of drug-likeness (QED) is 0.799. The number of ether oxygens (including phenoxy) is 2. The zero-order valence-corrected chi connectivity index (χ0v) is 12.9. The smallest absolute Gasteiger partial charge is 0.161 e. The van der Waals surface area contributed by atoms with E-state index in [0.29, 0.717) is 19.8 Å². The van der Waals surface area contributed by atoms with Gasteiger partial charge in [0.1, 0.15) is 5.76 Å². The van der Waals surface area contributed by atoms with Crippen molar-refractivity contribution in [2.24, 2.45) is 0 Å². The topological polar surface area (TPSA) is 43.6 Å². The monoisotopic (exact) mass is 289 g/mol. The number of rotatable bonds is 8. The van der Waals surface area contributed by atoms with Gasteiger partial charge in [-0.05, 0) is 50.6 Å². The Hall–Kier alpha value is -1.94. The third-order valence-electron chi connectivity index (χ3n) is 3.23. The van der Waals surface area contributed by atoms with E-state index in [9.17, 15) is 0 Å². The highest BCUT2D eigenvalue weighted by molar-refractivity contribution is 5.43. The minimum Gasteiger partial charge on any atom is -0.490 e. The highest BCUT2D eigenvalue weighted by Gasteiger charge is 2.11. The molecule has 0 fully saturated rings. The Bertz CT molecular complexity index is 537. The molecule has 114 valence electrons. The molecule has 0 aliphatic rings. The minimum atomic E-state index is 0.199. The van der Waals surface area contributed by atoms with E-state index >= 15 is 0 Å². The van der Waals surface area contributed by atoms with Crippen LogP contribution in [0.15, 0.2) is 41.0 Å². The summed E-state index contributed by atoms with van der Waals surface area (Å²) in [7, 11) is 0. The first-order valence-electron chi connectivity index (χ1n) is 7.39. The summed E-state index contributed by atoms with van der Waals surface area (Å²) in [6.45, 7) is 8.02. The third-order valence-corrected chi connectivity index (χ3v) is 3.23. The summed E-state index contributed by atoms with van der Waals surface area (Å²) in [5.41, 5.74) is 1.16. The van der Waals surface area contributed by atoms with Crippen LogP contribution in [0.4, 0.5) is 0 Å². The SMILES string of the molecule is CCOc1ccc(C(C)NCc2ccco2)cc1OCC. The van der Waals surface area contributed by atoms with E-state index in [1.54, 1.807) is 6.26 Å². The molecule has 1 aromatic carbocycles. The van der Waals surface area contributed by atoms with Crippen molar-refractivity contribution < 1.29 is 13.9 Å². The molecule has 21 heavy (non-hydrogen) atoms. The molecule has 0 saturated carbocycles. The van der Waals surface area contributed by atoms with Crippen LogP contribution in [0.5, 0.6) is 11.5 Å². The molecule has 0 bridgehead atoms. The van der Waals surface area contributed by atoms with Gasteiger partial charge in [0.15, 0.2) is 11.5 Å². The lowest BCUT2D eigenvalue weighted by Crippen LogP contribution is -2.17. The van der Waals surface area contributed by atoms with E-state index in [1.165, 1.54) is 0 Å². The molecule has 1 atom stereocenters. The summed E-state index contributed by atoms with van der Waals surface area (Å²) in [4.78, 5) is 0. The summed E-state index contributed by atoms with van der Waals surface area (Å²) in [5.74, 6) is 2.52. The molecule has 0 radical (unpaired) electrons. The van der Waals surface area contributed by atoms with Gasteiger partial charge < -0.3 is 19.2 Å². The maximum atomic E-state index is 5.66. The first-order valence-corrected chi connectivity index (χ1v) is 7.39. The lowest BCUT2D eigenvalue weighted by molar-refractivity contribution is 0.287. The minimum absolute atomic E-state index is 0.199. The first-order chi connectivity index (χ1) is 10.2. The van der Waals surface area contributed by atoms with Gasteiger partial charge in [-0.1, -0.05) is 6.07 Å². The van der Waals surface area contributed by atoms with Crippen molar-refractivity contribution in [3.63, 3.8) is 0 Å². The lowest BCUT2D eigenvalue weighted by Gasteiger charge is -2.17. The second-order valence-electron chi connectivity index (χ2n) is 4.75. The van der Waals surface area contributed by atoms with Gasteiger partial charge in [0.2, 0.25) is 0 Å². The van der Waals surface area contributed by atoms with Gasteiger partial charge in [0, 0.05) is 6.04 Å². The molecule has 0 aliphatic carbocycles. The summed E-state index contributed by atoms with van der Waals surface area (Å²) >= 11 is 0. The van der Waals surface area contributed by atoms with Gasteiger partial charge in [-0.15, -0.1) is 0 Å². The van der Waals surface area contributed by atoms with Crippen molar-refractivity contribution >= 4 is 0 Å². The summed E-state index contributed by atoms with van der Waals surface area (Å²) in [6, 6.07) is 10.1. The molecule has 0 amide bonds. The van der Waals surface area contributed by atoms with Gasteiger partial charge in [-0.2, -0.15) is 0 Å². The zero-order chi connectivity index (χ0) is 15.1. The largest absolute Gasteiger partial charge is 0.490 e. The van der Waals surface area contributed by atoms with Crippen LogP contribution < -0.4 is 14.8 Å². The lowest BCUT2D eigenvalue weighted by atomic mass is 10.1. The first kappa shape index (κ1) is 15.4. The Morgan fingerprint density at radius 1 is 1.10 bits per heavy atom. The molecule has 0 spiro atoms. The number of furan rings is 1. The number of nitrogens with one attached hydrogen (secondary N) is 1. The maximum absolute atomic E-state index is 5.66. The van der Waals surface area contributed by atoms with Crippen molar-refractivity contribution in [1.82, 2.24) is 5.32 Å². The maximum Gasteiger partial charge on any atom is 0.161 e. The van der Waals surface area contributed by atoms with Gasteiger partial charge in [-0.25, -0.2) is 0 Å². The van der Waals surface area contributed by atoms with Crippen LogP contribution in [0.2, 0.25) is 0 Å². The summed E-state index contributed by atoms with van der Waals surface area (Å²) < 4.78 is 16.6. The van der Waals surface area contributed by atoms with Crippen LogP contribution in [0.25, 0.3) is 0 Å². The highest BCUT2D eigenvalue weighted by atomic mass is 16.5. The third kappa shape index (κ3) is 4.26. The van der Waals surface area contributed by atoms with Crippen molar-refractivity contribution in [3.05, 3.63) is 47.9 Å². The van der Waals surface area contributed by atoms with E-state index in [1.807, 2.05) is 38.1 Å². The number of benzene rings is 1. The standard InChI is InChI=1S/C17H23NO3/c1-4-19-16-9-8-14(11-17(16)20-5-2)13(3)18-12-15-7-6-10-21-15/h6-11,13,18H,4-5,12H2,1-3H3. The Morgan fingerprint density at radius 2 is 1.86 bits per heavy atom. The Morgan fingerprint density at radius 3 is 2.52 bits per heavy atom. The normalized spacial score (nSPS) is 12.1. The van der Waals surface area contributed by atoms with E-state index in [4.69, 9.17) is 13.9 Å². The summed E-state index contributed by atoms with van der Waals surface area (Å²) in [6.07, 6.45) is 1.69. The van der Waals surface area contributed by atoms with Crippen molar-refractivity contribution in [1.29, 1.82) is 0 Å². The van der Waals surface area contributed by atoms with Crippen LogP contribution in [0.3, 0.4) is 0 Å². The van der Waals surface area contributed by atoms with Crippen molar-refractivity contribution in [2.45, 2.75) is 33.4 Å². The van der Waals surface area contributed by atoms with E-state index in [2.05, 4.69) is 18.3 Å². The molecule has 1 unspecified atom stereocenters. The second-order valence-corrected chi connectivity index (χ2v) is 4.75. The predicted molar refractivity (Wildman–Crippen MR) is 82.7 cm³/mol. The van der Waals surface area contributed by atoms with Crippen LogP contribution in [0.1, 0.15) is 38.1 Å². The average Bonchev–Trinajstić information content (AvgIpc) is 3.00. The predicted octanol–water partition coefficient (Wildman–Crippen LogP) is 3.93. The number of hydrogen-bond acceptors (Lipinski definition) is 4.